The lowest BCUT2D eigenvalue weighted by atomic mass is 9.79. The molecule has 3 unspecified atom stereocenters. The van der Waals surface area contributed by atoms with Crippen molar-refractivity contribution in [2.45, 2.75) is 43.4 Å². The summed E-state index contributed by atoms with van der Waals surface area (Å²) >= 11 is 0. The van der Waals surface area contributed by atoms with Gasteiger partial charge in [-0.3, -0.25) is 9.89 Å². The van der Waals surface area contributed by atoms with Gasteiger partial charge in [-0.05, 0) is 56.0 Å². The van der Waals surface area contributed by atoms with Gasteiger partial charge < -0.3 is 14.4 Å². The molecule has 7 heteroatoms. The minimum atomic E-state index is -0.302. The van der Waals surface area contributed by atoms with Crippen LogP contribution in [0, 0.1) is 5.82 Å². The number of nitrogens with one attached hydrogen (secondary N) is 1. The Bertz CT molecular complexity index is 822. The number of rotatable bonds is 4. The van der Waals surface area contributed by atoms with E-state index in [0.717, 1.165) is 31.2 Å². The maximum Gasteiger partial charge on any atom is 0.272 e. The molecule has 3 atom stereocenters. The van der Waals surface area contributed by atoms with Crippen LogP contribution in [0.15, 0.2) is 30.3 Å². The molecule has 27 heavy (non-hydrogen) atoms. The Hall–Kier alpha value is -2.25. The van der Waals surface area contributed by atoms with Gasteiger partial charge in [0.1, 0.15) is 11.5 Å². The number of ether oxygens (including phenoxy) is 2. The first kappa shape index (κ1) is 18.1. The fourth-order valence-electron chi connectivity index (χ4n) is 4.47. The van der Waals surface area contributed by atoms with Crippen molar-refractivity contribution in [3.8, 4) is 11.3 Å². The van der Waals surface area contributed by atoms with Crippen LogP contribution in [-0.2, 0) is 9.47 Å². The zero-order valence-electron chi connectivity index (χ0n) is 15.6. The van der Waals surface area contributed by atoms with Gasteiger partial charge in [0, 0.05) is 26.3 Å². The first-order chi connectivity index (χ1) is 13.1. The molecule has 1 amide bonds. The Morgan fingerprint density at radius 3 is 2.78 bits per heavy atom. The third kappa shape index (κ3) is 3.15. The van der Waals surface area contributed by atoms with E-state index in [1.807, 2.05) is 4.90 Å². The van der Waals surface area contributed by atoms with E-state index in [-0.39, 0.29) is 29.5 Å². The van der Waals surface area contributed by atoms with Gasteiger partial charge in [-0.1, -0.05) is 0 Å². The number of halogens is 1. The third-order valence-corrected chi connectivity index (χ3v) is 6.08. The average Bonchev–Trinajstić information content (AvgIpc) is 3.33. The minimum Gasteiger partial charge on any atom is -0.381 e. The van der Waals surface area contributed by atoms with Crippen molar-refractivity contribution in [1.82, 2.24) is 15.1 Å². The molecule has 1 saturated heterocycles. The van der Waals surface area contributed by atoms with Gasteiger partial charge in [0.15, 0.2) is 0 Å². The number of carbonyl (C=O) groups is 1. The number of nitrogens with zero attached hydrogens (tertiary/aromatic N) is 2. The second-order valence-corrected chi connectivity index (χ2v) is 7.34. The summed E-state index contributed by atoms with van der Waals surface area (Å²) in [6, 6.07) is 7.77. The average molecular weight is 373 g/mol. The van der Waals surface area contributed by atoms with Gasteiger partial charge >= 0.3 is 0 Å². The van der Waals surface area contributed by atoms with Crippen LogP contribution in [0.4, 0.5) is 4.39 Å². The number of carbonyl (C=O) groups excluding carboxylic acids is 1. The van der Waals surface area contributed by atoms with Gasteiger partial charge in [0.05, 0.1) is 23.4 Å². The molecule has 1 aromatic carbocycles. The van der Waals surface area contributed by atoms with Crippen LogP contribution in [0.1, 0.15) is 36.2 Å². The molecule has 2 heterocycles. The Morgan fingerprint density at radius 1 is 1.30 bits per heavy atom. The van der Waals surface area contributed by atoms with Crippen molar-refractivity contribution >= 4 is 5.91 Å². The number of aromatic amines is 1. The van der Waals surface area contributed by atoms with E-state index in [4.69, 9.17) is 9.47 Å². The number of aromatic nitrogens is 2. The van der Waals surface area contributed by atoms with E-state index in [9.17, 15) is 9.18 Å². The molecule has 1 aliphatic heterocycles. The molecule has 1 N–H and O–H groups in total. The molecule has 1 aliphatic carbocycles. The van der Waals surface area contributed by atoms with Crippen molar-refractivity contribution in [2.75, 3.05) is 20.8 Å². The maximum atomic E-state index is 13.2. The molecule has 2 aliphatic rings. The van der Waals surface area contributed by atoms with E-state index in [0.29, 0.717) is 17.9 Å². The Balaban J connectivity index is 1.56. The van der Waals surface area contributed by atoms with E-state index in [1.54, 1.807) is 32.4 Å². The van der Waals surface area contributed by atoms with Crippen LogP contribution in [0.25, 0.3) is 11.3 Å². The molecular weight excluding hydrogens is 349 g/mol. The summed E-state index contributed by atoms with van der Waals surface area (Å²) in [6.07, 6.45) is 3.58. The second kappa shape index (κ2) is 7.05. The number of hydrogen-bond acceptors (Lipinski definition) is 4. The van der Waals surface area contributed by atoms with Gasteiger partial charge in [-0.15, -0.1) is 0 Å². The third-order valence-electron chi connectivity index (χ3n) is 6.08. The fourth-order valence-corrected chi connectivity index (χ4v) is 4.47. The van der Waals surface area contributed by atoms with Crippen molar-refractivity contribution in [1.29, 1.82) is 0 Å². The Morgan fingerprint density at radius 2 is 2.07 bits per heavy atom. The second-order valence-electron chi connectivity index (χ2n) is 7.34. The lowest BCUT2D eigenvalue weighted by Gasteiger charge is -2.43. The highest BCUT2D eigenvalue weighted by Gasteiger charge is 2.52. The normalized spacial score (nSPS) is 27.6. The Labute approximate surface area is 157 Å². The molecule has 1 saturated carbocycles. The van der Waals surface area contributed by atoms with Crippen molar-refractivity contribution in [3.05, 3.63) is 41.8 Å². The zero-order valence-corrected chi connectivity index (χ0v) is 15.6. The van der Waals surface area contributed by atoms with Crippen molar-refractivity contribution in [2.24, 2.45) is 0 Å². The lowest BCUT2D eigenvalue weighted by Crippen LogP contribution is -2.53. The number of H-pyrrole nitrogens is 1. The fraction of sp³-hybridized carbons (Fsp3) is 0.500. The highest BCUT2D eigenvalue weighted by Crippen LogP contribution is 2.43. The maximum absolute atomic E-state index is 13.2. The molecular formula is C20H24FN3O3. The number of benzene rings is 1. The summed E-state index contributed by atoms with van der Waals surface area (Å²) in [6.45, 7) is 0.651. The van der Waals surface area contributed by atoms with Crippen molar-refractivity contribution < 1.29 is 18.7 Å². The molecule has 4 rings (SSSR count). The SMILES string of the molecule is COC1CCC2(OC)CCN(C(=O)c3cc(-c4ccc(F)cc4)n[nH]3)C2C1. The zero-order chi connectivity index (χ0) is 19.0. The molecule has 0 radical (unpaired) electrons. The smallest absolute Gasteiger partial charge is 0.272 e. The van der Waals surface area contributed by atoms with E-state index in [1.165, 1.54) is 12.1 Å². The predicted molar refractivity (Wildman–Crippen MR) is 97.8 cm³/mol. The minimum absolute atomic E-state index is 0.00808. The van der Waals surface area contributed by atoms with Crippen molar-refractivity contribution in [3.63, 3.8) is 0 Å². The summed E-state index contributed by atoms with van der Waals surface area (Å²) in [5, 5.41) is 7.07. The number of likely N-dealkylation sites (tertiary alicyclic amines) is 1. The predicted octanol–water partition coefficient (Wildman–Crippen LogP) is 3.01. The molecule has 6 nitrogen and oxygen atoms in total. The topological polar surface area (TPSA) is 67.5 Å². The number of hydrogen-bond donors (Lipinski definition) is 1. The standard InChI is InChI=1S/C20H24FN3O3/c1-26-15-7-8-20(27-2)9-10-24(18(20)11-15)19(25)17-12-16(22-23-17)13-3-5-14(21)6-4-13/h3-6,12,15,18H,7-11H2,1-2H3,(H,22,23). The molecule has 1 aromatic heterocycles. The first-order valence-corrected chi connectivity index (χ1v) is 9.26. The lowest BCUT2D eigenvalue weighted by molar-refractivity contribution is -0.0894. The number of amides is 1. The molecule has 0 bridgehead atoms. The monoisotopic (exact) mass is 373 g/mol. The van der Waals surface area contributed by atoms with Crippen LogP contribution in [0.3, 0.4) is 0 Å². The first-order valence-electron chi connectivity index (χ1n) is 9.26. The highest BCUT2D eigenvalue weighted by molar-refractivity contribution is 5.94. The van der Waals surface area contributed by atoms with Gasteiger partial charge in [-0.2, -0.15) is 5.10 Å². The summed E-state index contributed by atoms with van der Waals surface area (Å²) in [5.74, 6) is -0.389. The molecule has 0 spiro atoms. The van der Waals surface area contributed by atoms with Crippen LogP contribution < -0.4 is 0 Å². The molecule has 2 aromatic rings. The quantitative estimate of drug-likeness (QED) is 0.895. The number of methoxy groups -OCH3 is 2. The molecule has 2 fully saturated rings. The molecule has 144 valence electrons. The van der Waals surface area contributed by atoms with Crippen LogP contribution in [0.5, 0.6) is 0 Å². The summed E-state index contributed by atoms with van der Waals surface area (Å²) < 4.78 is 24.6. The highest BCUT2D eigenvalue weighted by atomic mass is 19.1. The van der Waals surface area contributed by atoms with E-state index in [2.05, 4.69) is 10.2 Å². The van der Waals surface area contributed by atoms with E-state index < -0.39 is 0 Å². The summed E-state index contributed by atoms with van der Waals surface area (Å²) in [5.41, 5.74) is 1.52. The van der Waals surface area contributed by atoms with Gasteiger partial charge in [-0.25, -0.2) is 4.39 Å². The van der Waals surface area contributed by atoms with Crippen LogP contribution >= 0.6 is 0 Å². The van der Waals surface area contributed by atoms with Crippen LogP contribution in [0.2, 0.25) is 0 Å². The van der Waals surface area contributed by atoms with Gasteiger partial charge in [0.25, 0.3) is 5.91 Å². The summed E-state index contributed by atoms with van der Waals surface area (Å²) in [7, 11) is 3.45. The van der Waals surface area contributed by atoms with Gasteiger partial charge in [0.2, 0.25) is 0 Å². The largest absolute Gasteiger partial charge is 0.381 e. The number of fused-ring (bicyclic) bond motifs is 1. The van der Waals surface area contributed by atoms with E-state index >= 15 is 0 Å². The Kier molecular flexibility index (Phi) is 4.74. The summed E-state index contributed by atoms with van der Waals surface area (Å²) in [4.78, 5) is 15.0. The van der Waals surface area contributed by atoms with Crippen LogP contribution in [-0.4, -0.2) is 59.5 Å².